The summed E-state index contributed by atoms with van der Waals surface area (Å²) in [7, 11) is 1.32. The molecule has 0 saturated heterocycles. The number of nitrogens with one attached hydrogen (secondary N) is 2. The van der Waals surface area contributed by atoms with E-state index < -0.39 is 12.0 Å². The van der Waals surface area contributed by atoms with Gasteiger partial charge in [-0.05, 0) is 29.0 Å². The Hall–Kier alpha value is -2.00. The summed E-state index contributed by atoms with van der Waals surface area (Å²) in [6.45, 7) is 1.20. The van der Waals surface area contributed by atoms with Crippen LogP contribution < -0.4 is 16.4 Å². The van der Waals surface area contributed by atoms with Crippen LogP contribution in [0.1, 0.15) is 15.9 Å². The average Bonchev–Trinajstić information content (AvgIpc) is 2.78. The number of thiol groups is 1. The lowest BCUT2D eigenvalue weighted by atomic mass is 9.96. The van der Waals surface area contributed by atoms with Crippen LogP contribution >= 0.6 is 24.4 Å². The van der Waals surface area contributed by atoms with E-state index in [4.69, 9.17) is 10.5 Å². The smallest absolute Gasteiger partial charge is 0.329 e. The highest BCUT2D eigenvalue weighted by atomic mass is 32.2. The number of hydrogen-bond acceptors (Lipinski definition) is 7. The molecule has 0 aliphatic rings. The van der Waals surface area contributed by atoms with Crippen LogP contribution in [0.4, 0.5) is 0 Å². The van der Waals surface area contributed by atoms with Gasteiger partial charge in [-0.15, -0.1) is 0 Å². The van der Waals surface area contributed by atoms with E-state index in [1.165, 1.54) is 18.9 Å². The van der Waals surface area contributed by atoms with Gasteiger partial charge in [-0.2, -0.15) is 24.4 Å². The first kappa shape index (κ1) is 24.3. The van der Waals surface area contributed by atoms with E-state index in [1.54, 1.807) is 0 Å². The predicted octanol–water partition coefficient (Wildman–Crippen LogP) is 2.33. The largest absolute Gasteiger partial charge is 0.467 e. The van der Waals surface area contributed by atoms with Gasteiger partial charge in [0.05, 0.1) is 7.11 Å². The topological polar surface area (TPSA) is 93.4 Å². The third-order valence-electron chi connectivity index (χ3n) is 4.51. The monoisotopic (exact) mass is 447 g/mol. The Labute approximate surface area is 187 Å². The minimum atomic E-state index is -0.712. The highest BCUT2D eigenvalue weighted by Crippen LogP contribution is 2.25. The van der Waals surface area contributed by atoms with Crippen molar-refractivity contribution in [3.63, 3.8) is 0 Å². The first-order chi connectivity index (χ1) is 14.5. The lowest BCUT2D eigenvalue weighted by molar-refractivity contribution is -0.142. The molecular weight excluding hydrogens is 418 g/mol. The number of carbonyl (C=O) groups is 2. The van der Waals surface area contributed by atoms with Crippen molar-refractivity contribution in [1.82, 2.24) is 10.6 Å². The van der Waals surface area contributed by atoms with Crippen molar-refractivity contribution in [2.75, 3.05) is 31.4 Å². The summed E-state index contributed by atoms with van der Waals surface area (Å²) in [5.74, 6) is 0.254. The van der Waals surface area contributed by atoms with Gasteiger partial charge in [0.15, 0.2) is 0 Å². The molecule has 8 heteroatoms. The fourth-order valence-electron chi connectivity index (χ4n) is 2.94. The molecular formula is C22H29N3O3S2. The number of amides is 1. The van der Waals surface area contributed by atoms with Crippen LogP contribution in [0.5, 0.6) is 0 Å². The molecule has 6 nitrogen and oxygen atoms in total. The van der Waals surface area contributed by atoms with Crippen LogP contribution in [-0.4, -0.2) is 55.4 Å². The number of thioether (sulfide) groups is 1. The van der Waals surface area contributed by atoms with Crippen molar-refractivity contribution in [2.24, 2.45) is 5.73 Å². The van der Waals surface area contributed by atoms with Gasteiger partial charge in [0.1, 0.15) is 6.04 Å². The summed E-state index contributed by atoms with van der Waals surface area (Å²) in [6, 6.07) is 14.7. The normalized spacial score (nSPS) is 12.8. The summed E-state index contributed by atoms with van der Waals surface area (Å²) in [6.07, 6.45) is 1.87. The molecule has 0 unspecified atom stereocenters. The van der Waals surface area contributed by atoms with E-state index in [0.717, 1.165) is 16.7 Å². The summed E-state index contributed by atoms with van der Waals surface area (Å²) < 4.78 is 4.83. The standard InChI is InChI=1S/C22H29N3O3S2/c1-28-22(27)20(14-30-2)25-21(26)19-10-15(11-24-12-17(23)13-29)8-9-18(19)16-6-4-3-5-7-16/h3-10,17,20,24,29H,11-14,23H2,1-2H3,(H,25,26)/t17-,20+/m1/s1. The summed E-state index contributed by atoms with van der Waals surface area (Å²) >= 11 is 5.66. The van der Waals surface area contributed by atoms with Crippen LogP contribution in [0.15, 0.2) is 48.5 Å². The first-order valence-electron chi connectivity index (χ1n) is 9.63. The maximum absolute atomic E-state index is 13.1. The molecule has 0 spiro atoms. The highest BCUT2D eigenvalue weighted by molar-refractivity contribution is 7.98. The van der Waals surface area contributed by atoms with Gasteiger partial charge in [0, 0.05) is 36.2 Å². The molecule has 0 saturated carbocycles. The number of benzene rings is 2. The quantitative estimate of drug-likeness (QED) is 0.312. The minimum absolute atomic E-state index is 0.0351. The number of rotatable bonds is 11. The number of esters is 1. The molecule has 2 aromatic rings. The Kier molecular flexibility index (Phi) is 10.2. The molecule has 0 heterocycles. The van der Waals surface area contributed by atoms with E-state index in [9.17, 15) is 9.59 Å². The van der Waals surface area contributed by atoms with Crippen LogP contribution in [0.2, 0.25) is 0 Å². The van der Waals surface area contributed by atoms with Gasteiger partial charge in [0.2, 0.25) is 0 Å². The number of hydrogen-bond donors (Lipinski definition) is 4. The van der Waals surface area contributed by atoms with Crippen molar-refractivity contribution in [3.8, 4) is 11.1 Å². The zero-order valence-corrected chi connectivity index (χ0v) is 19.0. The van der Waals surface area contributed by atoms with Crippen LogP contribution in [0, 0.1) is 0 Å². The van der Waals surface area contributed by atoms with E-state index in [-0.39, 0.29) is 11.9 Å². The molecule has 2 atom stereocenters. The molecule has 4 N–H and O–H groups in total. The summed E-state index contributed by atoms with van der Waals surface area (Å²) in [5.41, 5.74) is 9.08. The molecule has 2 rings (SSSR count). The lowest BCUT2D eigenvalue weighted by Gasteiger charge is -2.18. The maximum atomic E-state index is 13.1. The Morgan fingerprint density at radius 2 is 1.93 bits per heavy atom. The van der Waals surface area contributed by atoms with Gasteiger partial charge in [0.25, 0.3) is 5.91 Å². The fraction of sp³-hybridized carbons (Fsp3) is 0.364. The van der Waals surface area contributed by atoms with E-state index >= 15 is 0 Å². The van der Waals surface area contributed by atoms with E-state index in [1.807, 2.05) is 54.8 Å². The molecule has 0 radical (unpaired) electrons. The Balaban J connectivity index is 2.31. The zero-order valence-electron chi connectivity index (χ0n) is 17.3. The summed E-state index contributed by atoms with van der Waals surface area (Å²) in [4.78, 5) is 25.2. The van der Waals surface area contributed by atoms with Crippen LogP contribution in [0.25, 0.3) is 11.1 Å². The van der Waals surface area contributed by atoms with Crippen LogP contribution in [-0.2, 0) is 16.1 Å². The predicted molar refractivity (Wildman–Crippen MR) is 127 cm³/mol. The number of carbonyl (C=O) groups excluding carboxylic acids is 2. The van der Waals surface area contributed by atoms with Gasteiger partial charge >= 0.3 is 5.97 Å². The van der Waals surface area contributed by atoms with E-state index in [2.05, 4.69) is 23.3 Å². The highest BCUT2D eigenvalue weighted by Gasteiger charge is 2.23. The maximum Gasteiger partial charge on any atom is 0.329 e. The van der Waals surface area contributed by atoms with Crippen molar-refractivity contribution >= 4 is 36.3 Å². The fourth-order valence-corrected chi connectivity index (χ4v) is 3.62. The van der Waals surface area contributed by atoms with Crippen LogP contribution in [0.3, 0.4) is 0 Å². The second-order valence-corrected chi connectivity index (χ2v) is 8.10. The molecule has 1 amide bonds. The van der Waals surface area contributed by atoms with Crippen molar-refractivity contribution in [1.29, 1.82) is 0 Å². The number of nitrogens with two attached hydrogens (primary N) is 1. The van der Waals surface area contributed by atoms with Crippen molar-refractivity contribution < 1.29 is 14.3 Å². The minimum Gasteiger partial charge on any atom is -0.467 e. The Bertz CT molecular complexity index is 834. The molecule has 162 valence electrons. The first-order valence-corrected chi connectivity index (χ1v) is 11.7. The molecule has 0 aliphatic heterocycles. The van der Waals surface area contributed by atoms with Gasteiger partial charge in [-0.3, -0.25) is 4.79 Å². The van der Waals surface area contributed by atoms with Gasteiger partial charge < -0.3 is 21.1 Å². The van der Waals surface area contributed by atoms with Crippen molar-refractivity contribution in [2.45, 2.75) is 18.6 Å². The third kappa shape index (κ3) is 7.05. The van der Waals surface area contributed by atoms with Gasteiger partial charge in [-0.25, -0.2) is 4.79 Å². The van der Waals surface area contributed by atoms with Gasteiger partial charge in [-0.1, -0.05) is 42.5 Å². The third-order valence-corrected chi connectivity index (χ3v) is 5.64. The molecule has 0 aliphatic carbocycles. The Morgan fingerprint density at radius 3 is 2.57 bits per heavy atom. The second-order valence-electron chi connectivity index (χ2n) is 6.82. The number of ether oxygens (including phenoxy) is 1. The SMILES string of the molecule is COC(=O)[C@H](CSC)NC(=O)c1cc(CNC[C@@H](N)CS)ccc1-c1ccccc1. The zero-order chi connectivity index (χ0) is 21.9. The molecule has 0 bridgehead atoms. The van der Waals surface area contributed by atoms with Crippen molar-refractivity contribution in [3.05, 3.63) is 59.7 Å². The second kappa shape index (κ2) is 12.6. The molecule has 0 fully saturated rings. The molecule has 2 aromatic carbocycles. The summed E-state index contributed by atoms with van der Waals surface area (Å²) in [5, 5.41) is 6.10. The molecule has 0 aromatic heterocycles. The lowest BCUT2D eigenvalue weighted by Crippen LogP contribution is -2.43. The Morgan fingerprint density at radius 1 is 1.20 bits per heavy atom. The average molecular weight is 448 g/mol. The molecule has 30 heavy (non-hydrogen) atoms. The number of methoxy groups -OCH3 is 1. The van der Waals surface area contributed by atoms with E-state index in [0.29, 0.717) is 30.2 Å².